The van der Waals surface area contributed by atoms with Gasteiger partial charge < -0.3 is 9.84 Å². The van der Waals surface area contributed by atoms with Crippen LogP contribution in [-0.4, -0.2) is 23.3 Å². The highest BCUT2D eigenvalue weighted by Crippen LogP contribution is 2.33. The minimum Gasteiger partial charge on any atom is -0.464 e. The van der Waals surface area contributed by atoms with Crippen LogP contribution >= 0.6 is 0 Å². The third-order valence-corrected chi connectivity index (χ3v) is 3.35. The molecule has 0 aliphatic heterocycles. The molecule has 0 fully saturated rings. The van der Waals surface area contributed by atoms with Crippen LogP contribution in [0.1, 0.15) is 45.1 Å². The van der Waals surface area contributed by atoms with Gasteiger partial charge in [0.2, 0.25) is 0 Å². The average molecular weight is 268 g/mol. The van der Waals surface area contributed by atoms with E-state index >= 15 is 0 Å². The van der Waals surface area contributed by atoms with Gasteiger partial charge in [0, 0.05) is 5.92 Å². The van der Waals surface area contributed by atoms with E-state index < -0.39 is 17.5 Å². The van der Waals surface area contributed by atoms with E-state index in [1.54, 1.807) is 26.0 Å². The molecule has 106 valence electrons. The van der Waals surface area contributed by atoms with Gasteiger partial charge in [-0.15, -0.1) is 0 Å². The summed E-state index contributed by atoms with van der Waals surface area (Å²) < 4.78 is 17.9. The first-order chi connectivity index (χ1) is 8.95. The molecular formula is C15H21FO3. The highest BCUT2D eigenvalue weighted by atomic mass is 19.1. The molecular weight excluding hydrogens is 247 g/mol. The van der Waals surface area contributed by atoms with Crippen molar-refractivity contribution in [1.82, 2.24) is 0 Å². The smallest absolute Gasteiger partial charge is 0.338 e. The van der Waals surface area contributed by atoms with E-state index in [0.717, 1.165) is 0 Å². The molecule has 19 heavy (non-hydrogen) atoms. The lowest BCUT2D eigenvalue weighted by Gasteiger charge is -2.32. The molecule has 3 nitrogen and oxygen atoms in total. The van der Waals surface area contributed by atoms with Crippen LogP contribution in [0.15, 0.2) is 24.3 Å². The largest absolute Gasteiger partial charge is 0.464 e. The van der Waals surface area contributed by atoms with E-state index in [4.69, 9.17) is 4.74 Å². The summed E-state index contributed by atoms with van der Waals surface area (Å²) in [4.78, 5) is 12.0. The Morgan fingerprint density at radius 2 is 1.95 bits per heavy atom. The van der Waals surface area contributed by atoms with Crippen LogP contribution in [0.2, 0.25) is 0 Å². The molecule has 2 atom stereocenters. The quantitative estimate of drug-likeness (QED) is 0.807. The number of benzene rings is 1. The number of carbonyl (C=O) groups is 1. The second-order valence-electron chi connectivity index (χ2n) is 4.67. The number of ether oxygens (including phenoxy) is 1. The van der Waals surface area contributed by atoms with Crippen LogP contribution in [0.4, 0.5) is 4.39 Å². The SMILES string of the molecule is CCCC(O)(C(=O)OCC)C(C)c1ccc(F)cc1. The highest BCUT2D eigenvalue weighted by Gasteiger charge is 2.42. The number of carbonyl (C=O) groups excluding carboxylic acids is 1. The summed E-state index contributed by atoms with van der Waals surface area (Å²) in [5, 5.41) is 10.6. The molecule has 2 unspecified atom stereocenters. The fourth-order valence-electron chi connectivity index (χ4n) is 2.16. The number of aliphatic hydroxyl groups is 1. The van der Waals surface area contributed by atoms with Crippen molar-refractivity contribution in [2.45, 2.75) is 45.1 Å². The summed E-state index contributed by atoms with van der Waals surface area (Å²) >= 11 is 0. The van der Waals surface area contributed by atoms with Crippen molar-refractivity contribution >= 4 is 5.97 Å². The Balaban J connectivity index is 3.03. The fourth-order valence-corrected chi connectivity index (χ4v) is 2.16. The first-order valence-electron chi connectivity index (χ1n) is 6.60. The average Bonchev–Trinajstić information content (AvgIpc) is 2.39. The summed E-state index contributed by atoms with van der Waals surface area (Å²) in [5.74, 6) is -1.41. The molecule has 4 heteroatoms. The van der Waals surface area contributed by atoms with E-state index in [1.165, 1.54) is 12.1 Å². The van der Waals surface area contributed by atoms with Crippen LogP contribution in [0.25, 0.3) is 0 Å². The van der Waals surface area contributed by atoms with Crippen LogP contribution in [0.5, 0.6) is 0 Å². The molecule has 0 heterocycles. The lowest BCUT2D eigenvalue weighted by Crippen LogP contribution is -2.44. The van der Waals surface area contributed by atoms with Crippen LogP contribution < -0.4 is 0 Å². The summed E-state index contributed by atoms with van der Waals surface area (Å²) in [6, 6.07) is 5.81. The van der Waals surface area contributed by atoms with Gasteiger partial charge in [-0.2, -0.15) is 0 Å². The molecule has 1 rings (SSSR count). The number of hydrogen-bond donors (Lipinski definition) is 1. The van der Waals surface area contributed by atoms with E-state index in [9.17, 15) is 14.3 Å². The molecule has 0 spiro atoms. The Kier molecular flexibility index (Phi) is 5.48. The van der Waals surface area contributed by atoms with Crippen molar-refractivity contribution in [3.05, 3.63) is 35.6 Å². The monoisotopic (exact) mass is 268 g/mol. The summed E-state index contributed by atoms with van der Waals surface area (Å²) in [7, 11) is 0. The van der Waals surface area contributed by atoms with Gasteiger partial charge >= 0.3 is 5.97 Å². The van der Waals surface area contributed by atoms with E-state index in [-0.39, 0.29) is 12.4 Å². The molecule has 0 aliphatic carbocycles. The summed E-state index contributed by atoms with van der Waals surface area (Å²) in [6.45, 7) is 5.56. The lowest BCUT2D eigenvalue weighted by molar-refractivity contribution is -0.168. The predicted octanol–water partition coefficient (Wildman–Crippen LogP) is 3.02. The molecule has 1 N–H and O–H groups in total. The number of rotatable bonds is 6. The zero-order valence-electron chi connectivity index (χ0n) is 11.6. The first kappa shape index (κ1) is 15.6. The Bertz CT molecular complexity index is 416. The van der Waals surface area contributed by atoms with Crippen molar-refractivity contribution in [3.63, 3.8) is 0 Å². The topological polar surface area (TPSA) is 46.5 Å². The molecule has 0 aliphatic rings. The van der Waals surface area contributed by atoms with Crippen molar-refractivity contribution in [2.75, 3.05) is 6.61 Å². The number of esters is 1. The molecule has 0 bridgehead atoms. The number of hydrogen-bond acceptors (Lipinski definition) is 3. The number of halogens is 1. The first-order valence-corrected chi connectivity index (χ1v) is 6.60. The molecule has 0 saturated carbocycles. The van der Waals surface area contributed by atoms with Crippen LogP contribution in [0.3, 0.4) is 0 Å². The Morgan fingerprint density at radius 1 is 1.37 bits per heavy atom. The van der Waals surface area contributed by atoms with E-state index in [1.807, 2.05) is 6.92 Å². The standard InChI is InChI=1S/C15H21FO3/c1-4-10-15(18,14(17)19-5-2)11(3)12-6-8-13(16)9-7-12/h6-9,11,18H,4-5,10H2,1-3H3. The zero-order chi connectivity index (χ0) is 14.5. The maximum absolute atomic E-state index is 12.9. The Morgan fingerprint density at radius 3 is 2.42 bits per heavy atom. The van der Waals surface area contributed by atoms with Crippen LogP contribution in [0, 0.1) is 5.82 Å². The van der Waals surface area contributed by atoms with Crippen molar-refractivity contribution in [2.24, 2.45) is 0 Å². The van der Waals surface area contributed by atoms with Gasteiger partial charge in [0.05, 0.1) is 6.61 Å². The second-order valence-corrected chi connectivity index (χ2v) is 4.67. The second kappa shape index (κ2) is 6.66. The van der Waals surface area contributed by atoms with Gasteiger partial charge in [0.15, 0.2) is 5.60 Å². The Hall–Kier alpha value is -1.42. The maximum Gasteiger partial charge on any atom is 0.338 e. The highest BCUT2D eigenvalue weighted by molar-refractivity contribution is 5.80. The van der Waals surface area contributed by atoms with E-state index in [0.29, 0.717) is 18.4 Å². The van der Waals surface area contributed by atoms with Crippen molar-refractivity contribution < 1.29 is 19.0 Å². The fraction of sp³-hybridized carbons (Fsp3) is 0.533. The van der Waals surface area contributed by atoms with Gasteiger partial charge in [-0.1, -0.05) is 32.4 Å². The minimum atomic E-state index is -1.57. The van der Waals surface area contributed by atoms with Crippen molar-refractivity contribution in [3.8, 4) is 0 Å². The summed E-state index contributed by atoms with van der Waals surface area (Å²) in [5.41, 5.74) is -0.854. The van der Waals surface area contributed by atoms with E-state index in [2.05, 4.69) is 0 Å². The van der Waals surface area contributed by atoms with Gasteiger partial charge in [-0.25, -0.2) is 9.18 Å². The third-order valence-electron chi connectivity index (χ3n) is 3.35. The molecule has 0 amide bonds. The zero-order valence-corrected chi connectivity index (χ0v) is 11.6. The minimum absolute atomic E-state index is 0.223. The van der Waals surface area contributed by atoms with Crippen molar-refractivity contribution in [1.29, 1.82) is 0 Å². The van der Waals surface area contributed by atoms with Gasteiger partial charge in [0.1, 0.15) is 5.82 Å². The molecule has 0 saturated heterocycles. The Labute approximate surface area is 113 Å². The predicted molar refractivity (Wildman–Crippen MR) is 71.3 cm³/mol. The molecule has 0 aromatic heterocycles. The van der Waals surface area contributed by atoms with Gasteiger partial charge in [-0.05, 0) is 31.0 Å². The third kappa shape index (κ3) is 3.53. The van der Waals surface area contributed by atoms with Crippen LogP contribution in [-0.2, 0) is 9.53 Å². The molecule has 1 aromatic carbocycles. The molecule has 0 radical (unpaired) electrons. The van der Waals surface area contributed by atoms with Gasteiger partial charge in [-0.3, -0.25) is 0 Å². The molecule has 1 aromatic rings. The lowest BCUT2D eigenvalue weighted by atomic mass is 9.80. The van der Waals surface area contributed by atoms with Gasteiger partial charge in [0.25, 0.3) is 0 Å². The maximum atomic E-state index is 12.9. The normalized spacial score (nSPS) is 15.6. The summed E-state index contributed by atoms with van der Waals surface area (Å²) in [6.07, 6.45) is 0.964.